The predicted molar refractivity (Wildman–Crippen MR) is 43.7 cm³/mol. The summed E-state index contributed by atoms with van der Waals surface area (Å²) in [6, 6.07) is 8.43. The third-order valence-electron chi connectivity index (χ3n) is 1.35. The summed E-state index contributed by atoms with van der Waals surface area (Å²) in [6.45, 7) is 0. The predicted octanol–water partition coefficient (Wildman–Crippen LogP) is -4.73. The third kappa shape index (κ3) is 6.73. The fourth-order valence-electron chi connectivity index (χ4n) is 0.778. The van der Waals surface area contributed by atoms with Gasteiger partial charge in [-0.2, -0.15) is 0 Å². The Morgan fingerprint density at radius 1 is 1.23 bits per heavy atom. The number of rotatable bonds is 2. The van der Waals surface area contributed by atoms with E-state index in [-0.39, 0.29) is 104 Å². The maximum absolute atomic E-state index is 10.4. The Labute approximate surface area is 165 Å². The minimum Gasteiger partial charge on any atom is -0.378 e. The standard InChI is InChI=1S/C7H9O3P.2K/c8-7(11(9)10)6-4-2-1-3-5-6;;/h1-5,7-8,11H,(H,9,10);;/q;2*+1/p+1. The van der Waals surface area contributed by atoms with Gasteiger partial charge < -0.3 is 10.00 Å². The van der Waals surface area contributed by atoms with Gasteiger partial charge in [-0.05, 0) is 5.56 Å². The van der Waals surface area contributed by atoms with Crippen LogP contribution in [-0.4, -0.2) is 10.00 Å². The smallest absolute Gasteiger partial charge is 0.378 e. The van der Waals surface area contributed by atoms with Crippen LogP contribution in [0.1, 0.15) is 12.8 Å². The fraction of sp³-hybridized carbons (Fsp3) is 0.143. The van der Waals surface area contributed by atoms with Gasteiger partial charge in [0, 0.05) is 0 Å². The van der Waals surface area contributed by atoms with Gasteiger partial charge in [0.25, 0.3) is 0 Å². The monoisotopic (exact) mass is 251 g/mol. The van der Waals surface area contributed by atoms with E-state index in [1.54, 1.807) is 30.3 Å². The number of aliphatic hydroxyl groups is 1. The zero-order chi connectivity index (χ0) is 8.27. The summed E-state index contributed by atoms with van der Waals surface area (Å²) in [5.41, 5.74) is 0.485. The molecule has 0 heterocycles. The van der Waals surface area contributed by atoms with Gasteiger partial charge in [0.1, 0.15) is 0 Å². The molecular formula is C7H10K2O3P+3. The van der Waals surface area contributed by atoms with E-state index in [9.17, 15) is 4.57 Å². The maximum Gasteiger partial charge on any atom is 1.00 e. The first-order chi connectivity index (χ1) is 5.22. The largest absolute Gasteiger partial charge is 1.00 e. The van der Waals surface area contributed by atoms with Crippen molar-refractivity contribution in [3.8, 4) is 0 Å². The Morgan fingerprint density at radius 2 is 1.69 bits per heavy atom. The average molecular weight is 251 g/mol. The van der Waals surface area contributed by atoms with Gasteiger partial charge in [0.2, 0.25) is 8.03 Å². The molecular weight excluding hydrogens is 241 g/mol. The molecule has 1 rings (SSSR count). The molecule has 0 aliphatic rings. The first kappa shape index (κ1) is 18.0. The van der Waals surface area contributed by atoms with Crippen molar-refractivity contribution in [2.75, 3.05) is 0 Å². The second-order valence-corrected chi connectivity index (χ2v) is 3.37. The van der Waals surface area contributed by atoms with Crippen LogP contribution in [0.4, 0.5) is 0 Å². The van der Waals surface area contributed by atoms with Gasteiger partial charge in [-0.25, -0.2) is 0 Å². The Bertz CT molecular complexity index is 260. The summed E-state index contributed by atoms with van der Waals surface area (Å²) in [6.07, 6.45) is 0. The van der Waals surface area contributed by atoms with Crippen LogP contribution in [0, 0.1) is 0 Å². The molecule has 0 amide bonds. The molecule has 0 saturated carbocycles. The molecule has 3 nitrogen and oxygen atoms in total. The summed E-state index contributed by atoms with van der Waals surface area (Å²) in [7, 11) is -2.86. The first-order valence-electron chi connectivity index (χ1n) is 3.17. The molecule has 0 aliphatic carbocycles. The summed E-state index contributed by atoms with van der Waals surface area (Å²) in [4.78, 5) is 8.57. The van der Waals surface area contributed by atoms with Gasteiger partial charge in [0.05, 0.1) is 0 Å². The number of hydrogen-bond acceptors (Lipinski definition) is 2. The normalized spacial score (nSPS) is 13.4. The van der Waals surface area contributed by atoms with Gasteiger partial charge >= 0.3 is 104 Å². The number of hydrogen-bond donors (Lipinski definition) is 2. The summed E-state index contributed by atoms with van der Waals surface area (Å²) >= 11 is 0. The van der Waals surface area contributed by atoms with Crippen molar-refractivity contribution in [1.29, 1.82) is 0 Å². The van der Waals surface area contributed by atoms with Gasteiger partial charge in [-0.15, -0.1) is 0 Å². The van der Waals surface area contributed by atoms with E-state index in [2.05, 4.69) is 0 Å². The Kier molecular flexibility index (Phi) is 13.6. The molecule has 2 N–H and O–H groups in total. The Morgan fingerprint density at radius 3 is 2.08 bits per heavy atom. The molecule has 60 valence electrons. The van der Waals surface area contributed by atoms with E-state index in [4.69, 9.17) is 10.00 Å². The Balaban J connectivity index is -0.000000403. The quantitative estimate of drug-likeness (QED) is 0.410. The van der Waals surface area contributed by atoms with E-state index >= 15 is 0 Å². The van der Waals surface area contributed by atoms with E-state index < -0.39 is 13.9 Å². The molecule has 0 spiro atoms. The molecule has 0 radical (unpaired) electrons. The van der Waals surface area contributed by atoms with Crippen molar-refractivity contribution in [2.45, 2.75) is 5.85 Å². The fourth-order valence-corrected chi connectivity index (χ4v) is 1.26. The van der Waals surface area contributed by atoms with E-state index in [0.29, 0.717) is 5.56 Å². The zero-order valence-corrected chi connectivity index (χ0v) is 15.0. The molecule has 0 saturated heterocycles. The van der Waals surface area contributed by atoms with E-state index in [1.165, 1.54) is 0 Å². The maximum atomic E-state index is 10.4. The molecule has 13 heavy (non-hydrogen) atoms. The van der Waals surface area contributed by atoms with Crippen molar-refractivity contribution in [3.05, 3.63) is 35.9 Å². The van der Waals surface area contributed by atoms with Crippen LogP contribution in [0.2, 0.25) is 0 Å². The van der Waals surface area contributed by atoms with Crippen molar-refractivity contribution >= 4 is 8.03 Å². The van der Waals surface area contributed by atoms with Crippen molar-refractivity contribution in [3.63, 3.8) is 0 Å². The number of benzene rings is 1. The molecule has 2 unspecified atom stereocenters. The second-order valence-electron chi connectivity index (χ2n) is 2.15. The zero-order valence-electron chi connectivity index (χ0n) is 8.77. The van der Waals surface area contributed by atoms with Crippen LogP contribution in [0.15, 0.2) is 30.3 Å². The van der Waals surface area contributed by atoms with Gasteiger partial charge in [-0.1, -0.05) is 30.3 Å². The van der Waals surface area contributed by atoms with Crippen LogP contribution in [0.25, 0.3) is 0 Å². The molecule has 2 atom stereocenters. The molecule has 1 aromatic rings. The molecule has 0 fully saturated rings. The van der Waals surface area contributed by atoms with Crippen molar-refractivity contribution < 1.29 is 119 Å². The molecule has 0 aromatic heterocycles. The first-order valence-corrected chi connectivity index (χ1v) is 4.61. The van der Waals surface area contributed by atoms with Crippen LogP contribution in [0.5, 0.6) is 0 Å². The van der Waals surface area contributed by atoms with Gasteiger partial charge in [0.15, 0.2) is 5.85 Å². The second kappa shape index (κ2) is 9.84. The molecule has 0 bridgehead atoms. The minimum absolute atomic E-state index is 0. The van der Waals surface area contributed by atoms with E-state index in [0.717, 1.165) is 0 Å². The van der Waals surface area contributed by atoms with Crippen LogP contribution < -0.4 is 103 Å². The van der Waals surface area contributed by atoms with Crippen LogP contribution >= 0.6 is 8.03 Å². The third-order valence-corrected chi connectivity index (χ3v) is 2.15. The molecule has 0 aliphatic heterocycles. The number of aliphatic hydroxyl groups excluding tert-OH is 1. The summed E-state index contributed by atoms with van der Waals surface area (Å²) < 4.78 is 10.4. The van der Waals surface area contributed by atoms with E-state index in [1.807, 2.05) is 0 Å². The minimum atomic E-state index is -2.86. The van der Waals surface area contributed by atoms with Crippen LogP contribution in [-0.2, 0) is 4.57 Å². The van der Waals surface area contributed by atoms with Gasteiger partial charge in [-0.3, -0.25) is 4.57 Å². The molecule has 6 heteroatoms. The van der Waals surface area contributed by atoms with Crippen molar-refractivity contribution in [1.82, 2.24) is 0 Å². The SMILES string of the molecule is O=[PH](O)C(O)c1ccccc1.[H+].[K+].[K+]. The molecule has 1 aromatic carbocycles. The summed E-state index contributed by atoms with van der Waals surface area (Å²) in [5.74, 6) is -1.22. The summed E-state index contributed by atoms with van der Waals surface area (Å²) in [5, 5.41) is 9.08. The topological polar surface area (TPSA) is 57.5 Å². The average Bonchev–Trinajstić information content (AvgIpc) is 2.05. The van der Waals surface area contributed by atoms with Crippen LogP contribution in [0.3, 0.4) is 0 Å². The van der Waals surface area contributed by atoms with Crippen molar-refractivity contribution in [2.24, 2.45) is 0 Å². The Hall–Kier alpha value is 2.64.